The molecule has 1 fully saturated rings. The average Bonchev–Trinajstić information content (AvgIpc) is 2.96. The van der Waals surface area contributed by atoms with Crippen molar-refractivity contribution in [1.82, 2.24) is 9.80 Å². The fourth-order valence-corrected chi connectivity index (χ4v) is 4.60. The van der Waals surface area contributed by atoms with E-state index in [1.165, 1.54) is 12.1 Å². The standard InChI is InChI=1S/C21H29N3O8S/c1-21(2,12-18(25)26)13-24-19(27)16-4-3-15(11-17(16)20(24)28)22-14-32-33(29,30)10-7-23-5-8-31-9-6-23/h3-4,11,22H,5-10,12-14H2,1-2H3,(H,25,26). The van der Waals surface area contributed by atoms with Crippen molar-refractivity contribution in [3.8, 4) is 0 Å². The fraction of sp³-hybridized carbons (Fsp3) is 0.571. The molecule has 0 spiro atoms. The zero-order valence-corrected chi connectivity index (χ0v) is 19.5. The van der Waals surface area contributed by atoms with Crippen molar-refractivity contribution in [1.29, 1.82) is 0 Å². The third-order valence-corrected chi connectivity index (χ3v) is 6.62. The van der Waals surface area contributed by atoms with Gasteiger partial charge in [-0.15, -0.1) is 0 Å². The molecule has 33 heavy (non-hydrogen) atoms. The number of carboxylic acid groups (broad SMARTS) is 1. The molecule has 3 rings (SSSR count). The number of carbonyl (C=O) groups is 3. The summed E-state index contributed by atoms with van der Waals surface area (Å²) >= 11 is 0. The van der Waals surface area contributed by atoms with Gasteiger partial charge in [-0.1, -0.05) is 13.8 Å². The van der Waals surface area contributed by atoms with Gasteiger partial charge in [-0.2, -0.15) is 8.42 Å². The zero-order valence-electron chi connectivity index (χ0n) is 18.7. The van der Waals surface area contributed by atoms with Crippen LogP contribution in [0, 0.1) is 5.41 Å². The van der Waals surface area contributed by atoms with Crippen molar-refractivity contribution < 1.29 is 36.8 Å². The van der Waals surface area contributed by atoms with E-state index >= 15 is 0 Å². The Kier molecular flexibility index (Phi) is 7.73. The van der Waals surface area contributed by atoms with Crippen molar-refractivity contribution in [2.75, 3.05) is 57.2 Å². The second-order valence-electron chi connectivity index (χ2n) is 8.85. The summed E-state index contributed by atoms with van der Waals surface area (Å²) in [7, 11) is -3.74. The molecule has 0 bridgehead atoms. The van der Waals surface area contributed by atoms with E-state index < -0.39 is 33.3 Å². The van der Waals surface area contributed by atoms with Crippen LogP contribution in [0.15, 0.2) is 18.2 Å². The lowest BCUT2D eigenvalue weighted by Crippen LogP contribution is -2.39. The van der Waals surface area contributed by atoms with Crippen molar-refractivity contribution in [2.24, 2.45) is 5.41 Å². The Balaban J connectivity index is 1.55. The molecule has 12 heteroatoms. The number of morpholine rings is 1. The molecule has 1 saturated heterocycles. The first kappa shape index (κ1) is 25.1. The summed E-state index contributed by atoms with van der Waals surface area (Å²) < 4.78 is 34.5. The highest BCUT2D eigenvalue weighted by Gasteiger charge is 2.39. The van der Waals surface area contributed by atoms with Crippen LogP contribution < -0.4 is 5.32 Å². The maximum Gasteiger partial charge on any atom is 0.303 e. The van der Waals surface area contributed by atoms with E-state index in [2.05, 4.69) is 5.32 Å². The highest BCUT2D eigenvalue weighted by molar-refractivity contribution is 7.86. The van der Waals surface area contributed by atoms with Gasteiger partial charge in [0.1, 0.15) is 6.73 Å². The Bertz CT molecular complexity index is 1020. The molecule has 2 aliphatic heterocycles. The minimum absolute atomic E-state index is 0.0289. The molecular formula is C21H29N3O8S. The monoisotopic (exact) mass is 483 g/mol. The smallest absolute Gasteiger partial charge is 0.303 e. The first-order chi connectivity index (χ1) is 15.5. The minimum Gasteiger partial charge on any atom is -0.481 e. The molecule has 2 heterocycles. The molecular weight excluding hydrogens is 454 g/mol. The normalized spacial score (nSPS) is 17.3. The molecule has 11 nitrogen and oxygen atoms in total. The number of aliphatic carboxylic acids is 1. The summed E-state index contributed by atoms with van der Waals surface area (Å²) in [6, 6.07) is 4.50. The molecule has 2 aliphatic rings. The second kappa shape index (κ2) is 10.2. The largest absolute Gasteiger partial charge is 0.481 e. The van der Waals surface area contributed by atoms with Crippen molar-refractivity contribution in [2.45, 2.75) is 20.3 Å². The van der Waals surface area contributed by atoms with Crippen LogP contribution in [0.4, 0.5) is 5.69 Å². The predicted molar refractivity (Wildman–Crippen MR) is 118 cm³/mol. The number of fused-ring (bicyclic) bond motifs is 1. The number of amides is 2. The quantitative estimate of drug-likeness (QED) is 0.264. The molecule has 0 atom stereocenters. The first-order valence-electron chi connectivity index (χ1n) is 10.6. The summed E-state index contributed by atoms with van der Waals surface area (Å²) in [4.78, 5) is 39.5. The highest BCUT2D eigenvalue weighted by Crippen LogP contribution is 2.30. The number of anilines is 1. The number of benzene rings is 1. The van der Waals surface area contributed by atoms with Crippen LogP contribution >= 0.6 is 0 Å². The number of hydrogen-bond acceptors (Lipinski definition) is 9. The second-order valence-corrected chi connectivity index (χ2v) is 10.6. The summed E-state index contributed by atoms with van der Waals surface area (Å²) in [5.74, 6) is -2.16. The maximum absolute atomic E-state index is 12.8. The highest BCUT2D eigenvalue weighted by atomic mass is 32.2. The van der Waals surface area contributed by atoms with Crippen molar-refractivity contribution in [3.63, 3.8) is 0 Å². The molecule has 0 saturated carbocycles. The molecule has 0 radical (unpaired) electrons. The van der Waals surface area contributed by atoms with Crippen LogP contribution in [0.1, 0.15) is 41.0 Å². The fourth-order valence-electron chi connectivity index (χ4n) is 3.76. The van der Waals surface area contributed by atoms with E-state index in [4.69, 9.17) is 14.0 Å². The number of ether oxygens (including phenoxy) is 1. The van der Waals surface area contributed by atoms with Crippen LogP contribution in [-0.2, 0) is 23.8 Å². The minimum atomic E-state index is -3.74. The van der Waals surface area contributed by atoms with Gasteiger partial charge in [-0.25, -0.2) is 4.18 Å². The zero-order chi connectivity index (χ0) is 24.2. The van der Waals surface area contributed by atoms with Crippen LogP contribution in [0.25, 0.3) is 0 Å². The average molecular weight is 484 g/mol. The summed E-state index contributed by atoms with van der Waals surface area (Å²) in [6.45, 7) is 5.88. The van der Waals surface area contributed by atoms with Crippen LogP contribution in [0.2, 0.25) is 0 Å². The maximum atomic E-state index is 12.8. The molecule has 0 aliphatic carbocycles. The lowest BCUT2D eigenvalue weighted by atomic mass is 9.89. The Morgan fingerprint density at radius 1 is 1.18 bits per heavy atom. The van der Waals surface area contributed by atoms with Gasteiger partial charge in [0.2, 0.25) is 0 Å². The molecule has 1 aromatic carbocycles. The molecule has 2 amide bonds. The molecule has 1 aromatic rings. The van der Waals surface area contributed by atoms with Gasteiger partial charge in [-0.05, 0) is 23.6 Å². The van der Waals surface area contributed by atoms with Gasteiger partial charge >= 0.3 is 5.97 Å². The molecule has 0 unspecified atom stereocenters. The number of carbonyl (C=O) groups excluding carboxylic acids is 2. The SMILES string of the molecule is CC(C)(CC(=O)O)CN1C(=O)c2ccc(NCOS(=O)(=O)CCN3CCOCC3)cc2C1=O. The van der Waals surface area contributed by atoms with E-state index in [1.54, 1.807) is 19.9 Å². The van der Waals surface area contributed by atoms with Crippen LogP contribution in [0.3, 0.4) is 0 Å². The predicted octanol–water partition coefficient (Wildman–Crippen LogP) is 0.832. The number of carboxylic acids is 1. The topological polar surface area (TPSA) is 143 Å². The van der Waals surface area contributed by atoms with Gasteiger partial charge in [-0.3, -0.25) is 24.2 Å². The first-order valence-corrected chi connectivity index (χ1v) is 12.2. The van der Waals surface area contributed by atoms with Gasteiger partial charge in [0.05, 0.1) is 36.5 Å². The van der Waals surface area contributed by atoms with E-state index in [0.717, 1.165) is 4.90 Å². The van der Waals surface area contributed by atoms with E-state index in [0.29, 0.717) is 38.5 Å². The Morgan fingerprint density at radius 3 is 2.52 bits per heavy atom. The Morgan fingerprint density at radius 2 is 1.85 bits per heavy atom. The van der Waals surface area contributed by atoms with Gasteiger partial charge in [0.25, 0.3) is 21.9 Å². The third-order valence-electron chi connectivity index (χ3n) is 5.46. The van der Waals surface area contributed by atoms with Gasteiger partial charge in [0.15, 0.2) is 0 Å². The summed E-state index contributed by atoms with van der Waals surface area (Å²) in [5.41, 5.74) is 0.0240. The van der Waals surface area contributed by atoms with Crippen LogP contribution in [-0.4, -0.2) is 93.0 Å². The number of rotatable bonds is 11. The van der Waals surface area contributed by atoms with Crippen molar-refractivity contribution >= 4 is 33.6 Å². The van der Waals surface area contributed by atoms with Crippen LogP contribution in [0.5, 0.6) is 0 Å². The van der Waals surface area contributed by atoms with E-state index in [9.17, 15) is 22.8 Å². The number of nitrogens with zero attached hydrogens (tertiary/aromatic N) is 2. The number of hydrogen-bond donors (Lipinski definition) is 2. The third kappa shape index (κ3) is 6.73. The van der Waals surface area contributed by atoms with Gasteiger partial charge in [0, 0.05) is 31.9 Å². The van der Waals surface area contributed by atoms with E-state index in [-0.39, 0.29) is 36.6 Å². The lowest BCUT2D eigenvalue weighted by molar-refractivity contribution is -0.139. The Labute approximate surface area is 192 Å². The summed E-state index contributed by atoms with van der Waals surface area (Å²) in [5, 5.41) is 11.8. The van der Waals surface area contributed by atoms with Crippen molar-refractivity contribution in [3.05, 3.63) is 29.3 Å². The molecule has 182 valence electrons. The number of nitrogens with one attached hydrogen (secondary N) is 1. The lowest BCUT2D eigenvalue weighted by Gasteiger charge is -2.27. The molecule has 0 aromatic heterocycles. The molecule has 2 N–H and O–H groups in total. The van der Waals surface area contributed by atoms with E-state index in [1.807, 2.05) is 4.90 Å². The summed E-state index contributed by atoms with van der Waals surface area (Å²) in [6.07, 6.45) is -0.190. The number of imide groups is 1. The van der Waals surface area contributed by atoms with Gasteiger partial charge < -0.3 is 15.2 Å². The Hall–Kier alpha value is -2.54.